The average molecular weight is 212 g/mol. The Kier molecular flexibility index (Phi) is 3.07. The molecule has 0 aliphatic heterocycles. The molecule has 1 unspecified atom stereocenters. The molecule has 82 valence electrons. The highest BCUT2D eigenvalue weighted by Gasteiger charge is 2.09. The van der Waals surface area contributed by atoms with E-state index in [9.17, 15) is 5.11 Å². The summed E-state index contributed by atoms with van der Waals surface area (Å²) in [5.41, 5.74) is 4.53. The molecule has 0 aliphatic rings. The van der Waals surface area contributed by atoms with Crippen molar-refractivity contribution >= 4 is 0 Å². The quantitative estimate of drug-likeness (QED) is 0.804. The van der Waals surface area contributed by atoms with Gasteiger partial charge in [-0.1, -0.05) is 48.5 Å². The summed E-state index contributed by atoms with van der Waals surface area (Å²) < 4.78 is 0. The van der Waals surface area contributed by atoms with Crippen LogP contribution >= 0.6 is 0 Å². The number of hydrogen-bond acceptors (Lipinski definition) is 1. The Morgan fingerprint density at radius 3 is 2.06 bits per heavy atom. The van der Waals surface area contributed by atoms with Crippen molar-refractivity contribution in [2.24, 2.45) is 0 Å². The average Bonchev–Trinajstić information content (AvgIpc) is 2.29. The van der Waals surface area contributed by atoms with Crippen LogP contribution in [-0.2, 0) is 0 Å². The second-order valence-corrected chi connectivity index (χ2v) is 4.08. The van der Waals surface area contributed by atoms with Crippen molar-refractivity contribution in [1.82, 2.24) is 0 Å². The SMILES string of the molecule is Cc1ccccc1-c1ccccc1C(C)O. The highest BCUT2D eigenvalue weighted by atomic mass is 16.3. The second kappa shape index (κ2) is 4.50. The molecule has 0 bridgehead atoms. The van der Waals surface area contributed by atoms with Crippen molar-refractivity contribution in [2.45, 2.75) is 20.0 Å². The van der Waals surface area contributed by atoms with Crippen LogP contribution in [0.1, 0.15) is 24.2 Å². The summed E-state index contributed by atoms with van der Waals surface area (Å²) >= 11 is 0. The van der Waals surface area contributed by atoms with Gasteiger partial charge in [0, 0.05) is 0 Å². The molecular weight excluding hydrogens is 196 g/mol. The highest BCUT2D eigenvalue weighted by Crippen LogP contribution is 2.29. The molecule has 0 spiro atoms. The number of aliphatic hydroxyl groups is 1. The molecule has 0 heterocycles. The van der Waals surface area contributed by atoms with Crippen LogP contribution in [0.3, 0.4) is 0 Å². The van der Waals surface area contributed by atoms with Gasteiger partial charge in [0.25, 0.3) is 0 Å². The summed E-state index contributed by atoms with van der Waals surface area (Å²) in [5, 5.41) is 9.76. The van der Waals surface area contributed by atoms with E-state index >= 15 is 0 Å². The summed E-state index contributed by atoms with van der Waals surface area (Å²) in [5.74, 6) is 0. The van der Waals surface area contributed by atoms with Gasteiger partial charge in [0.1, 0.15) is 0 Å². The summed E-state index contributed by atoms with van der Waals surface area (Å²) in [6, 6.07) is 16.3. The Bertz CT molecular complexity index is 486. The monoisotopic (exact) mass is 212 g/mol. The molecule has 0 saturated heterocycles. The summed E-state index contributed by atoms with van der Waals surface area (Å²) in [6.07, 6.45) is -0.434. The van der Waals surface area contributed by atoms with Crippen LogP contribution in [0.25, 0.3) is 11.1 Å². The zero-order valence-electron chi connectivity index (χ0n) is 9.64. The van der Waals surface area contributed by atoms with Gasteiger partial charge in [-0.05, 0) is 36.1 Å². The molecule has 2 rings (SSSR count). The van der Waals surface area contributed by atoms with Gasteiger partial charge < -0.3 is 5.11 Å². The predicted molar refractivity (Wildman–Crippen MR) is 67.2 cm³/mol. The Morgan fingerprint density at radius 2 is 1.44 bits per heavy atom. The summed E-state index contributed by atoms with van der Waals surface area (Å²) in [6.45, 7) is 3.89. The van der Waals surface area contributed by atoms with Crippen LogP contribution in [0.4, 0.5) is 0 Å². The number of aryl methyl sites for hydroxylation is 1. The molecule has 0 saturated carbocycles. The second-order valence-electron chi connectivity index (χ2n) is 4.08. The maximum atomic E-state index is 9.76. The Hall–Kier alpha value is -1.60. The molecule has 2 aromatic rings. The molecule has 0 aromatic heterocycles. The smallest absolute Gasteiger partial charge is 0.0767 e. The van der Waals surface area contributed by atoms with Crippen molar-refractivity contribution in [2.75, 3.05) is 0 Å². The van der Waals surface area contributed by atoms with Crippen LogP contribution in [0.5, 0.6) is 0 Å². The van der Waals surface area contributed by atoms with E-state index in [1.807, 2.05) is 30.3 Å². The zero-order valence-corrected chi connectivity index (χ0v) is 9.64. The molecule has 2 aromatic carbocycles. The fourth-order valence-corrected chi connectivity index (χ4v) is 1.98. The van der Waals surface area contributed by atoms with Crippen LogP contribution in [0.2, 0.25) is 0 Å². The molecule has 1 nitrogen and oxygen atoms in total. The van der Waals surface area contributed by atoms with Crippen molar-refractivity contribution in [3.8, 4) is 11.1 Å². The third-order valence-electron chi connectivity index (χ3n) is 2.85. The van der Waals surface area contributed by atoms with Gasteiger partial charge in [-0.25, -0.2) is 0 Å². The first-order valence-electron chi connectivity index (χ1n) is 5.53. The fraction of sp³-hybridized carbons (Fsp3) is 0.200. The topological polar surface area (TPSA) is 20.2 Å². The van der Waals surface area contributed by atoms with E-state index in [2.05, 4.69) is 25.1 Å². The Morgan fingerprint density at radius 1 is 0.875 bits per heavy atom. The van der Waals surface area contributed by atoms with E-state index in [-0.39, 0.29) is 0 Å². The van der Waals surface area contributed by atoms with E-state index in [1.165, 1.54) is 11.1 Å². The Labute approximate surface area is 96.4 Å². The highest BCUT2D eigenvalue weighted by molar-refractivity contribution is 5.70. The van der Waals surface area contributed by atoms with E-state index in [4.69, 9.17) is 0 Å². The first-order valence-corrected chi connectivity index (χ1v) is 5.53. The molecule has 1 atom stereocenters. The Balaban J connectivity index is 2.60. The molecule has 0 radical (unpaired) electrons. The van der Waals surface area contributed by atoms with Crippen LogP contribution in [-0.4, -0.2) is 5.11 Å². The molecular formula is C15H16O. The largest absolute Gasteiger partial charge is 0.389 e. The minimum absolute atomic E-state index is 0.434. The maximum Gasteiger partial charge on any atom is 0.0767 e. The normalized spacial score (nSPS) is 12.4. The standard InChI is InChI=1S/C15H16O/c1-11-7-3-4-8-13(11)15-10-6-5-9-14(15)12(2)16/h3-10,12,16H,1-2H3. The van der Waals surface area contributed by atoms with Crippen LogP contribution in [0, 0.1) is 6.92 Å². The third-order valence-corrected chi connectivity index (χ3v) is 2.85. The van der Waals surface area contributed by atoms with Gasteiger partial charge in [0.2, 0.25) is 0 Å². The van der Waals surface area contributed by atoms with Crippen LogP contribution in [0.15, 0.2) is 48.5 Å². The number of rotatable bonds is 2. The molecule has 0 aliphatic carbocycles. The summed E-state index contributed by atoms with van der Waals surface area (Å²) in [4.78, 5) is 0. The van der Waals surface area contributed by atoms with Crippen molar-refractivity contribution in [3.63, 3.8) is 0 Å². The van der Waals surface area contributed by atoms with E-state index in [0.29, 0.717) is 0 Å². The van der Waals surface area contributed by atoms with Gasteiger partial charge in [-0.15, -0.1) is 0 Å². The number of aliphatic hydroxyl groups excluding tert-OH is 1. The molecule has 0 amide bonds. The zero-order chi connectivity index (χ0) is 11.5. The van der Waals surface area contributed by atoms with Crippen molar-refractivity contribution in [3.05, 3.63) is 59.7 Å². The fourth-order valence-electron chi connectivity index (χ4n) is 1.98. The van der Waals surface area contributed by atoms with Gasteiger partial charge in [0.15, 0.2) is 0 Å². The van der Waals surface area contributed by atoms with E-state index < -0.39 is 6.10 Å². The lowest BCUT2D eigenvalue weighted by atomic mass is 9.94. The minimum Gasteiger partial charge on any atom is -0.389 e. The lowest BCUT2D eigenvalue weighted by Crippen LogP contribution is -1.95. The first-order chi connectivity index (χ1) is 7.70. The predicted octanol–water partition coefficient (Wildman–Crippen LogP) is 3.72. The van der Waals surface area contributed by atoms with Gasteiger partial charge >= 0.3 is 0 Å². The van der Waals surface area contributed by atoms with Gasteiger partial charge in [-0.3, -0.25) is 0 Å². The van der Waals surface area contributed by atoms with Crippen molar-refractivity contribution < 1.29 is 5.11 Å². The van der Waals surface area contributed by atoms with Crippen LogP contribution < -0.4 is 0 Å². The van der Waals surface area contributed by atoms with Crippen molar-refractivity contribution in [1.29, 1.82) is 0 Å². The van der Waals surface area contributed by atoms with Gasteiger partial charge in [-0.2, -0.15) is 0 Å². The maximum absolute atomic E-state index is 9.76. The number of hydrogen-bond donors (Lipinski definition) is 1. The third kappa shape index (κ3) is 2.00. The van der Waals surface area contributed by atoms with Gasteiger partial charge in [0.05, 0.1) is 6.10 Å². The number of benzene rings is 2. The first kappa shape index (κ1) is 10.9. The lowest BCUT2D eigenvalue weighted by molar-refractivity contribution is 0.200. The molecule has 16 heavy (non-hydrogen) atoms. The minimum atomic E-state index is -0.434. The molecule has 1 N–H and O–H groups in total. The molecule has 1 heteroatoms. The van der Waals surface area contributed by atoms with E-state index in [0.717, 1.165) is 11.1 Å². The van der Waals surface area contributed by atoms with E-state index in [1.54, 1.807) is 6.92 Å². The lowest BCUT2D eigenvalue weighted by Gasteiger charge is -2.13. The molecule has 0 fully saturated rings. The summed E-state index contributed by atoms with van der Waals surface area (Å²) in [7, 11) is 0.